The van der Waals surface area contributed by atoms with Gasteiger partial charge in [0.15, 0.2) is 0 Å². The van der Waals surface area contributed by atoms with E-state index in [2.05, 4.69) is 0 Å². The molecule has 0 aliphatic rings. The average molecular weight is 313 g/mol. The number of benzene rings is 2. The lowest BCUT2D eigenvalue weighted by molar-refractivity contribution is 0.115. The molecule has 0 atom stereocenters. The van der Waals surface area contributed by atoms with Crippen LogP contribution in [0.3, 0.4) is 0 Å². The molecule has 2 aromatic rings. The Balaban J connectivity index is 2.43. The SMILES string of the molecule is OCC(CO)(Cc1ccc(F)cc1F)c1cccc(Cl)c1. The molecular weight excluding hydrogens is 298 g/mol. The van der Waals surface area contributed by atoms with Crippen molar-refractivity contribution in [3.8, 4) is 0 Å². The quantitative estimate of drug-likeness (QED) is 0.891. The van der Waals surface area contributed by atoms with Gasteiger partial charge >= 0.3 is 0 Å². The van der Waals surface area contributed by atoms with Crippen molar-refractivity contribution >= 4 is 11.6 Å². The van der Waals surface area contributed by atoms with Gasteiger partial charge in [0.1, 0.15) is 11.6 Å². The summed E-state index contributed by atoms with van der Waals surface area (Å²) in [6.07, 6.45) is 0.0342. The van der Waals surface area contributed by atoms with E-state index in [0.717, 1.165) is 12.1 Å². The van der Waals surface area contributed by atoms with Crippen molar-refractivity contribution in [2.75, 3.05) is 13.2 Å². The van der Waals surface area contributed by atoms with E-state index in [0.29, 0.717) is 10.6 Å². The first-order chi connectivity index (χ1) is 10.0. The van der Waals surface area contributed by atoms with E-state index in [1.807, 2.05) is 0 Å². The zero-order chi connectivity index (χ0) is 15.5. The van der Waals surface area contributed by atoms with E-state index in [1.165, 1.54) is 6.07 Å². The predicted molar refractivity (Wildman–Crippen MR) is 77.4 cm³/mol. The molecule has 2 nitrogen and oxygen atoms in total. The van der Waals surface area contributed by atoms with Crippen LogP contribution in [0.2, 0.25) is 5.02 Å². The molecule has 112 valence electrons. The van der Waals surface area contributed by atoms with Crippen LogP contribution in [0.4, 0.5) is 8.78 Å². The summed E-state index contributed by atoms with van der Waals surface area (Å²) in [5, 5.41) is 19.9. The molecule has 0 bridgehead atoms. The first kappa shape index (κ1) is 15.9. The highest BCUT2D eigenvalue weighted by Crippen LogP contribution is 2.30. The zero-order valence-corrected chi connectivity index (χ0v) is 11.9. The normalized spacial score (nSPS) is 11.7. The molecule has 21 heavy (non-hydrogen) atoms. The Morgan fingerprint density at radius 1 is 1.00 bits per heavy atom. The number of halogens is 3. The van der Waals surface area contributed by atoms with Crippen LogP contribution in [0.1, 0.15) is 11.1 Å². The zero-order valence-electron chi connectivity index (χ0n) is 11.2. The van der Waals surface area contributed by atoms with Crippen LogP contribution in [0.25, 0.3) is 0 Å². The molecule has 2 N–H and O–H groups in total. The van der Waals surface area contributed by atoms with Crippen molar-refractivity contribution in [3.63, 3.8) is 0 Å². The Hall–Kier alpha value is -1.49. The highest BCUT2D eigenvalue weighted by molar-refractivity contribution is 6.30. The lowest BCUT2D eigenvalue weighted by Crippen LogP contribution is -2.37. The monoisotopic (exact) mass is 312 g/mol. The molecule has 0 heterocycles. The lowest BCUT2D eigenvalue weighted by atomic mass is 9.76. The van der Waals surface area contributed by atoms with Crippen molar-refractivity contribution in [1.29, 1.82) is 0 Å². The van der Waals surface area contributed by atoms with E-state index in [4.69, 9.17) is 11.6 Å². The fourth-order valence-electron chi connectivity index (χ4n) is 2.29. The summed E-state index contributed by atoms with van der Waals surface area (Å²) >= 11 is 5.93. The van der Waals surface area contributed by atoms with Crippen LogP contribution in [0.15, 0.2) is 42.5 Å². The molecule has 0 unspecified atom stereocenters. The van der Waals surface area contributed by atoms with Gasteiger partial charge in [-0.25, -0.2) is 8.78 Å². The molecule has 5 heteroatoms. The maximum Gasteiger partial charge on any atom is 0.129 e. The summed E-state index contributed by atoms with van der Waals surface area (Å²) in [4.78, 5) is 0. The third kappa shape index (κ3) is 3.40. The predicted octanol–water partition coefficient (Wildman–Crippen LogP) is 3.08. The van der Waals surface area contributed by atoms with E-state index < -0.39 is 17.0 Å². The van der Waals surface area contributed by atoms with Gasteiger partial charge in [-0.3, -0.25) is 0 Å². The van der Waals surface area contributed by atoms with Crippen LogP contribution in [0, 0.1) is 11.6 Å². The first-order valence-corrected chi connectivity index (χ1v) is 6.80. The Morgan fingerprint density at radius 3 is 2.29 bits per heavy atom. The lowest BCUT2D eigenvalue weighted by Gasteiger charge is -2.31. The van der Waals surface area contributed by atoms with Crippen molar-refractivity contribution in [2.45, 2.75) is 11.8 Å². The fraction of sp³-hybridized carbons (Fsp3) is 0.250. The number of hydrogen-bond donors (Lipinski definition) is 2. The van der Waals surface area contributed by atoms with Gasteiger partial charge in [-0.05, 0) is 35.7 Å². The smallest absolute Gasteiger partial charge is 0.129 e. The van der Waals surface area contributed by atoms with Crippen LogP contribution in [-0.4, -0.2) is 23.4 Å². The maximum absolute atomic E-state index is 13.8. The Kier molecular flexibility index (Phi) is 4.93. The number of aliphatic hydroxyl groups is 2. The van der Waals surface area contributed by atoms with Gasteiger partial charge < -0.3 is 10.2 Å². The van der Waals surface area contributed by atoms with Gasteiger partial charge in [-0.2, -0.15) is 0 Å². The third-order valence-electron chi connectivity index (χ3n) is 3.59. The van der Waals surface area contributed by atoms with Crippen molar-refractivity contribution < 1.29 is 19.0 Å². The summed E-state index contributed by atoms with van der Waals surface area (Å²) in [6.45, 7) is -0.776. The van der Waals surface area contributed by atoms with Crippen molar-refractivity contribution in [3.05, 3.63) is 70.2 Å². The molecular formula is C16H15ClF2O2. The minimum Gasteiger partial charge on any atom is -0.395 e. The Labute approximate surface area is 126 Å². The van der Waals surface area contributed by atoms with Crippen LogP contribution >= 0.6 is 11.6 Å². The summed E-state index contributed by atoms with van der Waals surface area (Å²) in [7, 11) is 0. The van der Waals surface area contributed by atoms with E-state index in [1.54, 1.807) is 24.3 Å². The maximum atomic E-state index is 13.8. The standard InChI is InChI=1S/C16H15ClF2O2/c17-13-3-1-2-12(6-13)16(9-20,10-21)8-11-4-5-14(18)7-15(11)19/h1-7,20-21H,8-10H2. The second kappa shape index (κ2) is 6.52. The first-order valence-electron chi connectivity index (χ1n) is 6.42. The number of aliphatic hydroxyl groups excluding tert-OH is 2. The number of hydrogen-bond acceptors (Lipinski definition) is 2. The molecule has 0 aromatic heterocycles. The number of rotatable bonds is 5. The molecule has 0 fully saturated rings. The van der Waals surface area contributed by atoms with E-state index in [-0.39, 0.29) is 25.2 Å². The second-order valence-electron chi connectivity index (χ2n) is 5.02. The van der Waals surface area contributed by atoms with Gasteiger partial charge in [0.25, 0.3) is 0 Å². The third-order valence-corrected chi connectivity index (χ3v) is 3.82. The molecule has 0 aliphatic heterocycles. The van der Waals surface area contributed by atoms with Crippen LogP contribution < -0.4 is 0 Å². The van der Waals surface area contributed by atoms with Gasteiger partial charge in [0.2, 0.25) is 0 Å². The summed E-state index contributed by atoms with van der Waals surface area (Å²) in [5.74, 6) is -1.37. The molecule has 2 rings (SSSR count). The van der Waals surface area contributed by atoms with E-state index >= 15 is 0 Å². The molecule has 0 radical (unpaired) electrons. The highest BCUT2D eigenvalue weighted by atomic mass is 35.5. The van der Waals surface area contributed by atoms with Gasteiger partial charge in [0.05, 0.1) is 13.2 Å². The summed E-state index contributed by atoms with van der Waals surface area (Å²) in [5.41, 5.74) is -0.257. The summed E-state index contributed by atoms with van der Waals surface area (Å²) in [6, 6.07) is 9.94. The molecule has 0 amide bonds. The second-order valence-corrected chi connectivity index (χ2v) is 5.46. The highest BCUT2D eigenvalue weighted by Gasteiger charge is 2.32. The Bertz CT molecular complexity index is 627. The van der Waals surface area contributed by atoms with Crippen molar-refractivity contribution in [1.82, 2.24) is 0 Å². The topological polar surface area (TPSA) is 40.5 Å². The van der Waals surface area contributed by atoms with Gasteiger partial charge in [-0.15, -0.1) is 0 Å². The molecule has 2 aromatic carbocycles. The van der Waals surface area contributed by atoms with E-state index in [9.17, 15) is 19.0 Å². The van der Waals surface area contributed by atoms with Crippen LogP contribution in [-0.2, 0) is 11.8 Å². The minimum absolute atomic E-state index is 0.0342. The largest absolute Gasteiger partial charge is 0.395 e. The van der Waals surface area contributed by atoms with Gasteiger partial charge in [-0.1, -0.05) is 29.8 Å². The average Bonchev–Trinajstić information content (AvgIpc) is 2.47. The molecule has 0 spiro atoms. The van der Waals surface area contributed by atoms with Crippen molar-refractivity contribution in [2.24, 2.45) is 0 Å². The minimum atomic E-state index is -1.08. The Morgan fingerprint density at radius 2 is 1.71 bits per heavy atom. The molecule has 0 saturated carbocycles. The summed E-state index contributed by atoms with van der Waals surface area (Å²) < 4.78 is 26.8. The molecule has 0 aliphatic carbocycles. The van der Waals surface area contributed by atoms with Crippen LogP contribution in [0.5, 0.6) is 0 Å². The van der Waals surface area contributed by atoms with Gasteiger partial charge in [0, 0.05) is 16.5 Å². The molecule has 0 saturated heterocycles. The fourth-order valence-corrected chi connectivity index (χ4v) is 2.48.